The van der Waals surface area contributed by atoms with Crippen molar-refractivity contribution in [2.24, 2.45) is 5.92 Å². The summed E-state index contributed by atoms with van der Waals surface area (Å²) in [7, 11) is 1.88. The molecule has 1 amide bonds. The lowest BCUT2D eigenvalue weighted by molar-refractivity contribution is -0.135. The van der Waals surface area contributed by atoms with Crippen LogP contribution in [-0.2, 0) is 11.3 Å². The summed E-state index contributed by atoms with van der Waals surface area (Å²) >= 11 is 3.34. The number of carbonyl (C=O) groups is 1. The number of rotatable bonds is 4. The summed E-state index contributed by atoms with van der Waals surface area (Å²) in [5.74, 6) is 0.389. The summed E-state index contributed by atoms with van der Waals surface area (Å²) in [6, 6.07) is 4.11. The van der Waals surface area contributed by atoms with Gasteiger partial charge in [0.25, 0.3) is 0 Å². The largest absolute Gasteiger partial charge is 0.340 e. The Kier molecular flexibility index (Phi) is 4.51. The van der Waals surface area contributed by atoms with Gasteiger partial charge in [-0.3, -0.25) is 4.79 Å². The molecule has 1 aliphatic carbocycles. The molecule has 3 rings (SSSR count). The van der Waals surface area contributed by atoms with Crippen molar-refractivity contribution in [3.63, 3.8) is 0 Å². The van der Waals surface area contributed by atoms with E-state index in [-0.39, 0.29) is 11.8 Å². The van der Waals surface area contributed by atoms with Crippen molar-refractivity contribution in [2.45, 2.75) is 25.8 Å². The van der Waals surface area contributed by atoms with E-state index < -0.39 is 0 Å². The van der Waals surface area contributed by atoms with E-state index in [0.29, 0.717) is 6.54 Å². The number of aromatic nitrogens is 1. The van der Waals surface area contributed by atoms with Gasteiger partial charge in [0, 0.05) is 18.3 Å². The SMILES string of the molecule is CN(Cc1csc(-c2cccs2)n1)C(=O)C1CC=CCC1. The molecule has 21 heavy (non-hydrogen) atoms. The highest BCUT2D eigenvalue weighted by Gasteiger charge is 2.22. The minimum atomic E-state index is 0.149. The Balaban J connectivity index is 1.63. The molecule has 1 atom stereocenters. The van der Waals surface area contributed by atoms with Crippen molar-refractivity contribution in [3.8, 4) is 9.88 Å². The normalized spacial score (nSPS) is 17.9. The molecule has 0 fully saturated rings. The smallest absolute Gasteiger partial charge is 0.226 e. The molecule has 0 saturated heterocycles. The van der Waals surface area contributed by atoms with Gasteiger partial charge in [-0.05, 0) is 30.7 Å². The molecular formula is C16H18N2OS2. The van der Waals surface area contributed by atoms with Gasteiger partial charge < -0.3 is 4.90 Å². The summed E-state index contributed by atoms with van der Waals surface area (Å²) < 4.78 is 0. The maximum atomic E-state index is 12.4. The maximum absolute atomic E-state index is 12.4. The number of allylic oxidation sites excluding steroid dienone is 2. The number of thiazole rings is 1. The summed E-state index contributed by atoms with van der Waals surface area (Å²) in [6.45, 7) is 0.598. The summed E-state index contributed by atoms with van der Waals surface area (Å²) in [4.78, 5) is 20.1. The van der Waals surface area contributed by atoms with Gasteiger partial charge in [-0.25, -0.2) is 4.98 Å². The highest BCUT2D eigenvalue weighted by molar-refractivity contribution is 7.20. The van der Waals surface area contributed by atoms with E-state index in [1.165, 1.54) is 4.88 Å². The predicted molar refractivity (Wildman–Crippen MR) is 88.4 cm³/mol. The van der Waals surface area contributed by atoms with Gasteiger partial charge in [-0.2, -0.15) is 0 Å². The van der Waals surface area contributed by atoms with Crippen LogP contribution in [0.1, 0.15) is 25.0 Å². The Morgan fingerprint density at radius 3 is 3.05 bits per heavy atom. The predicted octanol–water partition coefficient (Wildman–Crippen LogP) is 4.19. The van der Waals surface area contributed by atoms with Gasteiger partial charge in [0.05, 0.1) is 17.1 Å². The average molecular weight is 318 g/mol. The van der Waals surface area contributed by atoms with Crippen LogP contribution in [-0.4, -0.2) is 22.8 Å². The minimum Gasteiger partial charge on any atom is -0.340 e. The Morgan fingerprint density at radius 2 is 2.33 bits per heavy atom. The topological polar surface area (TPSA) is 33.2 Å². The molecule has 0 N–H and O–H groups in total. The molecule has 0 bridgehead atoms. The Hall–Kier alpha value is -1.46. The lowest BCUT2D eigenvalue weighted by Gasteiger charge is -2.23. The molecule has 0 saturated carbocycles. The quantitative estimate of drug-likeness (QED) is 0.792. The number of hydrogen-bond donors (Lipinski definition) is 0. The summed E-state index contributed by atoms with van der Waals surface area (Å²) in [5, 5.41) is 5.16. The molecule has 2 heterocycles. The lowest BCUT2D eigenvalue weighted by Crippen LogP contribution is -2.33. The van der Waals surface area contributed by atoms with Crippen molar-refractivity contribution in [1.29, 1.82) is 0 Å². The number of hydrogen-bond acceptors (Lipinski definition) is 4. The maximum Gasteiger partial charge on any atom is 0.226 e. The zero-order valence-corrected chi connectivity index (χ0v) is 13.6. The number of nitrogens with zero attached hydrogens (tertiary/aromatic N) is 2. The van der Waals surface area contributed by atoms with E-state index >= 15 is 0 Å². The van der Waals surface area contributed by atoms with Crippen molar-refractivity contribution >= 4 is 28.6 Å². The third-order valence-electron chi connectivity index (χ3n) is 3.68. The monoisotopic (exact) mass is 318 g/mol. The van der Waals surface area contributed by atoms with Crippen molar-refractivity contribution < 1.29 is 4.79 Å². The van der Waals surface area contributed by atoms with E-state index in [2.05, 4.69) is 34.0 Å². The Morgan fingerprint density at radius 1 is 1.43 bits per heavy atom. The number of carbonyl (C=O) groups excluding carboxylic acids is 1. The van der Waals surface area contributed by atoms with Crippen LogP contribution in [0.4, 0.5) is 0 Å². The standard InChI is InChI=1S/C16H18N2OS2/c1-18(16(19)12-6-3-2-4-7-12)10-13-11-21-15(17-13)14-8-5-9-20-14/h2-3,5,8-9,11-12H,4,6-7,10H2,1H3. The van der Waals surface area contributed by atoms with Crippen LogP contribution in [0, 0.1) is 5.92 Å². The zero-order chi connectivity index (χ0) is 14.7. The molecular weight excluding hydrogens is 300 g/mol. The fourth-order valence-corrected chi connectivity index (χ4v) is 4.17. The fourth-order valence-electron chi connectivity index (χ4n) is 2.54. The third-order valence-corrected chi connectivity index (χ3v) is 5.61. The lowest BCUT2D eigenvalue weighted by atomic mass is 9.93. The molecule has 3 nitrogen and oxygen atoms in total. The highest BCUT2D eigenvalue weighted by atomic mass is 32.1. The van der Waals surface area contributed by atoms with Crippen LogP contribution in [0.25, 0.3) is 9.88 Å². The molecule has 2 aromatic heterocycles. The molecule has 110 valence electrons. The molecule has 2 aromatic rings. The van der Waals surface area contributed by atoms with Crippen molar-refractivity contribution in [2.75, 3.05) is 7.05 Å². The Bertz CT molecular complexity index is 631. The first-order valence-corrected chi connectivity index (χ1v) is 8.88. The Labute approximate surface area is 132 Å². The average Bonchev–Trinajstić information content (AvgIpc) is 3.18. The molecule has 1 unspecified atom stereocenters. The van der Waals surface area contributed by atoms with Gasteiger partial charge in [-0.15, -0.1) is 22.7 Å². The summed E-state index contributed by atoms with van der Waals surface area (Å²) in [5.41, 5.74) is 0.977. The second-order valence-electron chi connectivity index (χ2n) is 5.30. The summed E-state index contributed by atoms with van der Waals surface area (Å²) in [6.07, 6.45) is 7.15. The van der Waals surface area contributed by atoms with Crippen LogP contribution in [0.3, 0.4) is 0 Å². The second kappa shape index (κ2) is 6.54. The van der Waals surface area contributed by atoms with Crippen LogP contribution in [0.5, 0.6) is 0 Å². The van der Waals surface area contributed by atoms with Gasteiger partial charge in [0.15, 0.2) is 0 Å². The first-order valence-electron chi connectivity index (χ1n) is 7.12. The van der Waals surface area contributed by atoms with Crippen molar-refractivity contribution in [3.05, 3.63) is 40.7 Å². The van der Waals surface area contributed by atoms with E-state index in [1.54, 1.807) is 22.7 Å². The number of thiophene rings is 1. The van der Waals surface area contributed by atoms with Crippen molar-refractivity contribution in [1.82, 2.24) is 9.88 Å². The molecule has 5 heteroatoms. The molecule has 0 aromatic carbocycles. The molecule has 0 spiro atoms. The molecule has 0 radical (unpaired) electrons. The third kappa shape index (κ3) is 3.41. The minimum absolute atomic E-state index is 0.149. The fraction of sp³-hybridized carbons (Fsp3) is 0.375. The molecule has 1 aliphatic rings. The van der Waals surface area contributed by atoms with E-state index in [9.17, 15) is 4.79 Å². The molecule has 0 aliphatic heterocycles. The van der Waals surface area contributed by atoms with Gasteiger partial charge >= 0.3 is 0 Å². The van der Waals surface area contributed by atoms with Gasteiger partial charge in [0.1, 0.15) is 5.01 Å². The first-order chi connectivity index (χ1) is 10.2. The van der Waals surface area contributed by atoms with Crippen LogP contribution < -0.4 is 0 Å². The second-order valence-corrected chi connectivity index (χ2v) is 7.10. The zero-order valence-electron chi connectivity index (χ0n) is 12.0. The van der Waals surface area contributed by atoms with Crippen LogP contribution in [0.2, 0.25) is 0 Å². The van der Waals surface area contributed by atoms with E-state index in [0.717, 1.165) is 30.0 Å². The van der Waals surface area contributed by atoms with E-state index in [1.807, 2.05) is 18.0 Å². The van der Waals surface area contributed by atoms with Crippen LogP contribution in [0.15, 0.2) is 35.0 Å². The van der Waals surface area contributed by atoms with Gasteiger partial charge in [-0.1, -0.05) is 18.2 Å². The van der Waals surface area contributed by atoms with Gasteiger partial charge in [0.2, 0.25) is 5.91 Å². The highest BCUT2D eigenvalue weighted by Crippen LogP contribution is 2.28. The van der Waals surface area contributed by atoms with E-state index in [4.69, 9.17) is 0 Å². The first kappa shape index (κ1) is 14.5. The number of amides is 1. The van der Waals surface area contributed by atoms with Crippen LogP contribution >= 0.6 is 22.7 Å².